The molecule has 1 aliphatic heterocycles. The maximum Gasteiger partial charge on any atom is 0.325 e. The van der Waals surface area contributed by atoms with Gasteiger partial charge in [0.15, 0.2) is 0 Å². The topological polar surface area (TPSA) is 69.7 Å². The lowest BCUT2D eigenvalue weighted by molar-refractivity contribution is -0.140. The first kappa shape index (κ1) is 17.5. The molecule has 3 rings (SSSR count). The minimum absolute atomic E-state index is 0.0971. The molecule has 1 saturated heterocycles. The molecule has 1 aromatic carbocycles. The lowest BCUT2D eigenvalue weighted by Gasteiger charge is -2.36. The number of hydrogen-bond donors (Lipinski definition) is 1. The first-order chi connectivity index (χ1) is 11.9. The van der Waals surface area contributed by atoms with E-state index < -0.39 is 11.6 Å². The highest BCUT2D eigenvalue weighted by molar-refractivity contribution is 6.09. The average molecular weight is 343 g/mol. The summed E-state index contributed by atoms with van der Waals surface area (Å²) in [6.07, 6.45) is 3.57. The largest absolute Gasteiger partial charge is 0.340 e. The van der Waals surface area contributed by atoms with Crippen LogP contribution in [0.2, 0.25) is 0 Å². The van der Waals surface area contributed by atoms with E-state index in [4.69, 9.17) is 0 Å². The van der Waals surface area contributed by atoms with E-state index in [-0.39, 0.29) is 24.3 Å². The van der Waals surface area contributed by atoms with E-state index in [9.17, 15) is 14.4 Å². The Morgan fingerprint density at radius 2 is 2.00 bits per heavy atom. The van der Waals surface area contributed by atoms with Gasteiger partial charge in [0.25, 0.3) is 5.91 Å². The number of benzene rings is 1. The fourth-order valence-electron chi connectivity index (χ4n) is 3.84. The monoisotopic (exact) mass is 343 g/mol. The van der Waals surface area contributed by atoms with E-state index >= 15 is 0 Å². The van der Waals surface area contributed by atoms with Gasteiger partial charge in [-0.05, 0) is 24.3 Å². The lowest BCUT2D eigenvalue weighted by Crippen LogP contribution is -2.54. The van der Waals surface area contributed by atoms with Crippen molar-refractivity contribution in [2.24, 2.45) is 5.92 Å². The number of likely N-dealkylation sites (N-methyl/N-ethyl adjacent to an activating group) is 1. The molecule has 1 aliphatic carbocycles. The molecular formula is C19H25N3O3. The molecular weight excluding hydrogens is 318 g/mol. The molecule has 4 amide bonds. The van der Waals surface area contributed by atoms with Crippen LogP contribution in [-0.4, -0.2) is 46.8 Å². The second kappa shape index (κ2) is 6.86. The Kier molecular flexibility index (Phi) is 4.79. The highest BCUT2D eigenvalue weighted by Gasteiger charge is 2.55. The van der Waals surface area contributed by atoms with E-state index in [0.717, 1.165) is 29.7 Å². The van der Waals surface area contributed by atoms with E-state index in [0.29, 0.717) is 13.0 Å². The van der Waals surface area contributed by atoms with Crippen molar-refractivity contribution in [3.8, 4) is 0 Å². The summed E-state index contributed by atoms with van der Waals surface area (Å²) in [7, 11) is 1.69. The summed E-state index contributed by atoms with van der Waals surface area (Å²) in [6.45, 7) is 2.25. The number of nitrogens with one attached hydrogen (secondary N) is 1. The van der Waals surface area contributed by atoms with Gasteiger partial charge in [0.05, 0.1) is 0 Å². The van der Waals surface area contributed by atoms with Gasteiger partial charge < -0.3 is 10.2 Å². The number of rotatable bonds is 4. The number of imide groups is 1. The Morgan fingerprint density at radius 1 is 1.28 bits per heavy atom. The van der Waals surface area contributed by atoms with Crippen LogP contribution in [0.25, 0.3) is 0 Å². The fourth-order valence-corrected chi connectivity index (χ4v) is 3.84. The highest BCUT2D eigenvalue weighted by Crippen LogP contribution is 2.38. The number of amides is 4. The van der Waals surface area contributed by atoms with Crippen LogP contribution < -0.4 is 5.32 Å². The van der Waals surface area contributed by atoms with Crippen LogP contribution >= 0.6 is 0 Å². The third-order valence-electron chi connectivity index (χ3n) is 5.48. The normalized spacial score (nSPS) is 26.0. The smallest absolute Gasteiger partial charge is 0.325 e. The summed E-state index contributed by atoms with van der Waals surface area (Å²) >= 11 is 0. The summed E-state index contributed by atoms with van der Waals surface area (Å²) in [5, 5.41) is 2.88. The number of carbonyl (C=O) groups is 3. The summed E-state index contributed by atoms with van der Waals surface area (Å²) in [6, 6.07) is 9.19. The van der Waals surface area contributed by atoms with Gasteiger partial charge >= 0.3 is 6.03 Å². The lowest BCUT2D eigenvalue weighted by atomic mass is 9.73. The van der Waals surface area contributed by atoms with Gasteiger partial charge in [0, 0.05) is 13.6 Å². The average Bonchev–Trinajstić information content (AvgIpc) is 2.83. The number of nitrogens with zero attached hydrogens (tertiary/aromatic N) is 2. The van der Waals surface area contributed by atoms with E-state index in [1.54, 1.807) is 11.9 Å². The fraction of sp³-hybridized carbons (Fsp3) is 0.526. The molecule has 6 heteroatoms. The van der Waals surface area contributed by atoms with Gasteiger partial charge in [0.1, 0.15) is 12.1 Å². The Hall–Kier alpha value is -2.37. The number of urea groups is 1. The van der Waals surface area contributed by atoms with E-state index in [1.165, 1.54) is 0 Å². The summed E-state index contributed by atoms with van der Waals surface area (Å²) in [4.78, 5) is 40.4. The van der Waals surface area contributed by atoms with Crippen molar-refractivity contribution in [2.45, 2.75) is 44.7 Å². The predicted molar refractivity (Wildman–Crippen MR) is 93.5 cm³/mol. The van der Waals surface area contributed by atoms with Gasteiger partial charge in [-0.1, -0.05) is 50.1 Å². The zero-order valence-corrected chi connectivity index (χ0v) is 14.8. The second-order valence-electron chi connectivity index (χ2n) is 7.18. The first-order valence-corrected chi connectivity index (χ1v) is 8.86. The number of carbonyl (C=O) groups excluding carboxylic acids is 3. The first-order valence-electron chi connectivity index (χ1n) is 8.86. The van der Waals surface area contributed by atoms with Gasteiger partial charge in [-0.25, -0.2) is 4.79 Å². The molecule has 0 bridgehead atoms. The van der Waals surface area contributed by atoms with Crippen molar-refractivity contribution >= 4 is 17.8 Å². The zero-order chi connectivity index (χ0) is 18.0. The molecule has 1 N–H and O–H groups in total. The highest BCUT2D eigenvalue weighted by atomic mass is 16.2. The maximum absolute atomic E-state index is 12.9. The van der Waals surface area contributed by atoms with Crippen LogP contribution in [0.1, 0.15) is 38.2 Å². The Morgan fingerprint density at radius 3 is 2.68 bits per heavy atom. The van der Waals surface area contributed by atoms with Crippen LogP contribution in [0.5, 0.6) is 0 Å². The molecule has 0 radical (unpaired) electrons. The van der Waals surface area contributed by atoms with Crippen LogP contribution in [0, 0.1) is 5.92 Å². The molecule has 2 atom stereocenters. The zero-order valence-electron chi connectivity index (χ0n) is 14.8. The van der Waals surface area contributed by atoms with Gasteiger partial charge in [-0.2, -0.15) is 0 Å². The third kappa shape index (κ3) is 3.25. The molecule has 134 valence electrons. The summed E-state index contributed by atoms with van der Waals surface area (Å²) < 4.78 is 0. The molecule has 25 heavy (non-hydrogen) atoms. The maximum atomic E-state index is 12.9. The summed E-state index contributed by atoms with van der Waals surface area (Å²) in [5.74, 6) is -0.390. The van der Waals surface area contributed by atoms with Gasteiger partial charge in [-0.3, -0.25) is 14.5 Å². The third-order valence-corrected chi connectivity index (χ3v) is 5.48. The van der Waals surface area contributed by atoms with E-state index in [1.807, 2.05) is 37.3 Å². The molecule has 6 nitrogen and oxygen atoms in total. The molecule has 2 unspecified atom stereocenters. The minimum Gasteiger partial charge on any atom is -0.340 e. The predicted octanol–water partition coefficient (Wildman–Crippen LogP) is 2.15. The van der Waals surface area contributed by atoms with Crippen molar-refractivity contribution in [1.82, 2.24) is 15.1 Å². The summed E-state index contributed by atoms with van der Waals surface area (Å²) in [5.41, 5.74) is 0.195. The molecule has 0 aromatic heterocycles. The Balaban J connectivity index is 1.67. The van der Waals surface area contributed by atoms with E-state index in [2.05, 4.69) is 5.32 Å². The number of hydrogen-bond acceptors (Lipinski definition) is 3. The van der Waals surface area contributed by atoms with Crippen molar-refractivity contribution in [3.05, 3.63) is 35.9 Å². The van der Waals surface area contributed by atoms with Gasteiger partial charge in [-0.15, -0.1) is 0 Å². The van der Waals surface area contributed by atoms with Crippen LogP contribution in [-0.2, 0) is 16.1 Å². The molecule has 1 heterocycles. The minimum atomic E-state index is -0.812. The van der Waals surface area contributed by atoms with Crippen molar-refractivity contribution in [2.75, 3.05) is 13.6 Å². The quantitative estimate of drug-likeness (QED) is 0.852. The molecule has 1 spiro atoms. The molecule has 2 aliphatic rings. The van der Waals surface area contributed by atoms with Crippen molar-refractivity contribution < 1.29 is 14.4 Å². The van der Waals surface area contributed by atoms with Crippen molar-refractivity contribution in [3.63, 3.8) is 0 Å². The molecule has 2 fully saturated rings. The Labute approximate surface area is 148 Å². The molecule has 1 saturated carbocycles. The van der Waals surface area contributed by atoms with Gasteiger partial charge in [0.2, 0.25) is 5.91 Å². The van der Waals surface area contributed by atoms with Crippen LogP contribution in [0.4, 0.5) is 4.79 Å². The van der Waals surface area contributed by atoms with Crippen molar-refractivity contribution in [1.29, 1.82) is 0 Å². The van der Waals surface area contributed by atoms with Crippen LogP contribution in [0.15, 0.2) is 30.3 Å². The Bertz CT molecular complexity index is 676. The van der Waals surface area contributed by atoms with Crippen LogP contribution in [0.3, 0.4) is 0 Å². The SMILES string of the molecule is CC1CCCCC12NC(=O)N(CC(=O)N(C)Cc1ccccc1)C2=O. The second-order valence-corrected chi connectivity index (χ2v) is 7.18. The molecule has 1 aromatic rings. The standard InChI is InChI=1S/C19H25N3O3/c1-14-8-6-7-11-19(14)17(24)22(18(25)20-19)13-16(23)21(2)12-15-9-4-3-5-10-15/h3-5,9-10,14H,6-8,11-13H2,1-2H3,(H,20,25).